The van der Waals surface area contributed by atoms with E-state index in [0.29, 0.717) is 6.54 Å². The third-order valence-corrected chi connectivity index (χ3v) is 4.79. The number of hydrogen-bond donors (Lipinski definition) is 3. The normalized spacial score (nSPS) is 23.0. The van der Waals surface area contributed by atoms with Crippen LogP contribution >= 0.6 is 0 Å². The molecule has 1 heterocycles. The summed E-state index contributed by atoms with van der Waals surface area (Å²) in [4.78, 5) is 14.3. The molecule has 1 aliphatic carbocycles. The molecule has 0 spiro atoms. The van der Waals surface area contributed by atoms with E-state index in [4.69, 9.17) is 0 Å². The van der Waals surface area contributed by atoms with Gasteiger partial charge in [-0.3, -0.25) is 0 Å². The molecule has 2 amide bonds. The summed E-state index contributed by atoms with van der Waals surface area (Å²) in [6.45, 7) is 2.63. The van der Waals surface area contributed by atoms with Crippen molar-refractivity contribution >= 4 is 11.7 Å². The second kappa shape index (κ2) is 6.57. The van der Waals surface area contributed by atoms with Gasteiger partial charge in [0, 0.05) is 36.8 Å². The highest BCUT2D eigenvalue weighted by Gasteiger charge is 2.42. The Morgan fingerprint density at radius 1 is 1.32 bits per heavy atom. The fraction of sp³-hybridized carbons (Fsp3) is 0.588. The van der Waals surface area contributed by atoms with Crippen LogP contribution in [0.15, 0.2) is 30.3 Å². The third kappa shape index (κ3) is 3.71. The van der Waals surface area contributed by atoms with E-state index in [1.54, 1.807) is 0 Å². The first-order valence-corrected chi connectivity index (χ1v) is 8.16. The van der Waals surface area contributed by atoms with Crippen molar-refractivity contribution < 1.29 is 9.90 Å². The minimum atomic E-state index is -0.111. The van der Waals surface area contributed by atoms with Crippen molar-refractivity contribution in [1.29, 1.82) is 0 Å². The molecule has 1 aliphatic heterocycles. The lowest BCUT2D eigenvalue weighted by Gasteiger charge is -2.34. The second-order valence-corrected chi connectivity index (χ2v) is 6.61. The molecule has 22 heavy (non-hydrogen) atoms. The fourth-order valence-corrected chi connectivity index (χ4v) is 3.04. The molecule has 3 rings (SSSR count). The van der Waals surface area contributed by atoms with Crippen molar-refractivity contribution in [3.05, 3.63) is 30.3 Å². The molecule has 5 nitrogen and oxygen atoms in total. The summed E-state index contributed by atoms with van der Waals surface area (Å²) < 4.78 is 0. The molecule has 0 radical (unpaired) electrons. The Bertz CT molecular complexity index is 502. The predicted octanol–water partition coefficient (Wildman–Crippen LogP) is 1.73. The summed E-state index contributed by atoms with van der Waals surface area (Å²) in [6.07, 6.45) is 4.12. The van der Waals surface area contributed by atoms with Crippen LogP contribution in [0.2, 0.25) is 0 Å². The number of aliphatic hydroxyl groups excluding tert-OH is 1. The number of aliphatic hydroxyl groups is 1. The molecule has 1 aromatic carbocycles. The molecule has 1 atom stereocenters. The third-order valence-electron chi connectivity index (χ3n) is 4.79. The first-order chi connectivity index (χ1) is 10.7. The maximum absolute atomic E-state index is 12.0. The van der Waals surface area contributed by atoms with E-state index in [9.17, 15) is 9.90 Å². The van der Waals surface area contributed by atoms with Crippen LogP contribution in [-0.2, 0) is 0 Å². The van der Waals surface area contributed by atoms with Crippen molar-refractivity contribution in [2.24, 2.45) is 5.41 Å². The Labute approximate surface area is 131 Å². The number of hydrogen-bond acceptors (Lipinski definition) is 3. The van der Waals surface area contributed by atoms with E-state index < -0.39 is 0 Å². The molecule has 3 N–H and O–H groups in total. The highest BCUT2D eigenvalue weighted by Crippen LogP contribution is 2.44. The maximum Gasteiger partial charge on any atom is 0.315 e. The van der Waals surface area contributed by atoms with Gasteiger partial charge >= 0.3 is 6.03 Å². The SMILES string of the molecule is O=C(NCC1(CO)CC1)NC1CCCN(c2ccccc2)C1. The first kappa shape index (κ1) is 15.2. The summed E-state index contributed by atoms with van der Waals surface area (Å²) >= 11 is 0. The standard InChI is InChI=1S/C17H25N3O2/c21-13-17(8-9-17)12-18-16(22)19-14-5-4-10-20(11-14)15-6-2-1-3-7-15/h1-3,6-7,14,21H,4-5,8-13H2,(H2,18,19,22). The number of urea groups is 1. The average Bonchev–Trinajstić information content (AvgIpc) is 3.35. The molecule has 120 valence electrons. The van der Waals surface area contributed by atoms with Crippen molar-refractivity contribution in [2.45, 2.75) is 31.7 Å². The molecular formula is C17H25N3O2. The summed E-state index contributed by atoms with van der Waals surface area (Å²) in [5.74, 6) is 0. The molecule has 0 bridgehead atoms. The fourth-order valence-electron chi connectivity index (χ4n) is 3.04. The number of amides is 2. The molecular weight excluding hydrogens is 278 g/mol. The second-order valence-electron chi connectivity index (χ2n) is 6.61. The molecule has 0 aromatic heterocycles. The van der Waals surface area contributed by atoms with E-state index in [1.165, 1.54) is 5.69 Å². The van der Waals surface area contributed by atoms with E-state index in [0.717, 1.165) is 38.8 Å². The smallest absolute Gasteiger partial charge is 0.315 e. The molecule has 1 unspecified atom stereocenters. The van der Waals surface area contributed by atoms with Gasteiger partial charge in [-0.05, 0) is 37.8 Å². The van der Waals surface area contributed by atoms with Crippen molar-refractivity contribution in [3.8, 4) is 0 Å². The number of anilines is 1. The van der Waals surface area contributed by atoms with Gasteiger partial charge in [0.05, 0.1) is 6.61 Å². The predicted molar refractivity (Wildman–Crippen MR) is 87.0 cm³/mol. The Balaban J connectivity index is 1.47. The largest absolute Gasteiger partial charge is 0.396 e. The van der Waals surface area contributed by atoms with Gasteiger partial charge < -0.3 is 20.6 Å². The quantitative estimate of drug-likeness (QED) is 0.776. The Morgan fingerprint density at radius 2 is 2.09 bits per heavy atom. The molecule has 2 aliphatic rings. The lowest BCUT2D eigenvalue weighted by atomic mass is 10.0. The van der Waals surface area contributed by atoms with Gasteiger partial charge in [-0.1, -0.05) is 18.2 Å². The van der Waals surface area contributed by atoms with E-state index >= 15 is 0 Å². The number of piperidine rings is 1. The summed E-state index contributed by atoms with van der Waals surface area (Å²) in [5, 5.41) is 15.3. The van der Waals surface area contributed by atoms with Gasteiger partial charge in [0.2, 0.25) is 0 Å². The number of nitrogens with zero attached hydrogens (tertiary/aromatic N) is 1. The number of carbonyl (C=O) groups is 1. The Hall–Kier alpha value is -1.75. The minimum Gasteiger partial charge on any atom is -0.396 e. The summed E-state index contributed by atoms with van der Waals surface area (Å²) in [7, 11) is 0. The Morgan fingerprint density at radius 3 is 2.77 bits per heavy atom. The average molecular weight is 303 g/mol. The number of benzene rings is 1. The minimum absolute atomic E-state index is 0.0417. The van der Waals surface area contributed by atoms with E-state index in [2.05, 4.69) is 27.7 Å². The van der Waals surface area contributed by atoms with Crippen LogP contribution in [0.1, 0.15) is 25.7 Å². The van der Waals surface area contributed by atoms with Crippen LogP contribution in [-0.4, -0.2) is 43.4 Å². The van der Waals surface area contributed by atoms with E-state index in [1.807, 2.05) is 18.2 Å². The van der Waals surface area contributed by atoms with Crippen LogP contribution in [0.25, 0.3) is 0 Å². The first-order valence-electron chi connectivity index (χ1n) is 8.16. The van der Waals surface area contributed by atoms with Gasteiger partial charge in [0.25, 0.3) is 0 Å². The summed E-state index contributed by atoms with van der Waals surface area (Å²) in [5.41, 5.74) is 1.17. The van der Waals surface area contributed by atoms with Crippen LogP contribution < -0.4 is 15.5 Å². The zero-order chi connectivity index (χ0) is 15.4. The van der Waals surface area contributed by atoms with Crippen LogP contribution in [0, 0.1) is 5.41 Å². The topological polar surface area (TPSA) is 64.6 Å². The highest BCUT2D eigenvalue weighted by molar-refractivity contribution is 5.74. The van der Waals surface area contributed by atoms with Crippen LogP contribution in [0.5, 0.6) is 0 Å². The molecule has 5 heteroatoms. The molecule has 1 aromatic rings. The molecule has 2 fully saturated rings. The summed E-state index contributed by atoms with van der Waals surface area (Å²) in [6, 6.07) is 10.4. The number of carbonyl (C=O) groups excluding carboxylic acids is 1. The van der Waals surface area contributed by atoms with Crippen molar-refractivity contribution in [1.82, 2.24) is 10.6 Å². The Kier molecular flexibility index (Phi) is 4.52. The van der Waals surface area contributed by atoms with Gasteiger partial charge in [-0.15, -0.1) is 0 Å². The van der Waals surface area contributed by atoms with Gasteiger partial charge in [0.15, 0.2) is 0 Å². The number of rotatable bonds is 5. The van der Waals surface area contributed by atoms with Crippen LogP contribution in [0.3, 0.4) is 0 Å². The van der Waals surface area contributed by atoms with Gasteiger partial charge in [-0.2, -0.15) is 0 Å². The van der Waals surface area contributed by atoms with Gasteiger partial charge in [0.1, 0.15) is 0 Å². The zero-order valence-corrected chi connectivity index (χ0v) is 12.9. The van der Waals surface area contributed by atoms with Gasteiger partial charge in [-0.25, -0.2) is 4.79 Å². The molecule has 1 saturated carbocycles. The monoisotopic (exact) mass is 303 g/mol. The maximum atomic E-state index is 12.0. The number of para-hydroxylation sites is 1. The number of nitrogens with one attached hydrogen (secondary N) is 2. The lowest BCUT2D eigenvalue weighted by Crippen LogP contribution is -2.51. The van der Waals surface area contributed by atoms with Crippen molar-refractivity contribution in [3.63, 3.8) is 0 Å². The zero-order valence-electron chi connectivity index (χ0n) is 12.9. The highest BCUT2D eigenvalue weighted by atomic mass is 16.3. The van der Waals surface area contributed by atoms with Crippen LogP contribution in [0.4, 0.5) is 10.5 Å². The van der Waals surface area contributed by atoms with Crippen molar-refractivity contribution in [2.75, 3.05) is 31.1 Å². The van der Waals surface area contributed by atoms with E-state index in [-0.39, 0.29) is 24.1 Å². The molecule has 1 saturated heterocycles. The lowest BCUT2D eigenvalue weighted by molar-refractivity contribution is 0.201.